The third kappa shape index (κ3) is 13.4. The van der Waals surface area contributed by atoms with Crippen LogP contribution in [0.5, 0.6) is 11.5 Å². The monoisotopic (exact) mass is 848 g/mol. The van der Waals surface area contributed by atoms with Gasteiger partial charge in [0, 0.05) is 41.8 Å². The molecule has 0 heterocycles. The lowest BCUT2D eigenvalue weighted by molar-refractivity contribution is -0.140. The van der Waals surface area contributed by atoms with Crippen LogP contribution in [-0.4, -0.2) is 23.5 Å². The van der Waals surface area contributed by atoms with E-state index in [2.05, 4.69) is 27.7 Å². The molecule has 5 rings (SSSR count). The van der Waals surface area contributed by atoms with E-state index in [9.17, 15) is 19.2 Å². The van der Waals surface area contributed by atoms with Gasteiger partial charge >= 0.3 is 11.9 Å². The minimum absolute atomic E-state index is 0.0940. The Balaban J connectivity index is 1.24. The van der Waals surface area contributed by atoms with Crippen LogP contribution in [0, 0.1) is 11.8 Å². The Labute approximate surface area is 367 Å². The summed E-state index contributed by atoms with van der Waals surface area (Å²) < 4.78 is 11.8. The number of ether oxygens (including phenoxy) is 2. The van der Waals surface area contributed by atoms with Gasteiger partial charge in [0.25, 0.3) is 0 Å². The number of carbonyl (C=O) groups is 4. The van der Waals surface area contributed by atoms with Gasteiger partial charge in [-0.1, -0.05) is 165 Å². The quantitative estimate of drug-likeness (QED) is 0.0309. The molecule has 1 aliphatic carbocycles. The van der Waals surface area contributed by atoms with Crippen LogP contribution in [0.2, 0.25) is 0 Å². The van der Waals surface area contributed by atoms with Gasteiger partial charge in [-0.25, -0.2) is 0 Å². The number of ketones is 2. The van der Waals surface area contributed by atoms with Gasteiger partial charge in [-0.2, -0.15) is 0 Å². The van der Waals surface area contributed by atoms with Crippen LogP contribution in [0.15, 0.2) is 105 Å². The van der Waals surface area contributed by atoms with E-state index in [0.29, 0.717) is 43.5 Å². The highest BCUT2D eigenvalue weighted by Crippen LogP contribution is 2.42. The molecule has 0 fully saturated rings. The summed E-state index contributed by atoms with van der Waals surface area (Å²) in [6, 6.07) is 25.6. The number of carbonyl (C=O) groups excluding carboxylic acids is 4. The molecule has 2 atom stereocenters. The van der Waals surface area contributed by atoms with Gasteiger partial charge in [0.2, 0.25) is 0 Å². The summed E-state index contributed by atoms with van der Waals surface area (Å²) >= 11 is 2.83. The summed E-state index contributed by atoms with van der Waals surface area (Å²) in [7, 11) is 0. The van der Waals surface area contributed by atoms with Crippen molar-refractivity contribution in [3.63, 3.8) is 0 Å². The topological polar surface area (TPSA) is 86.7 Å². The lowest BCUT2D eigenvalue weighted by Crippen LogP contribution is -2.22. The third-order valence-corrected chi connectivity index (χ3v) is 13.5. The molecule has 4 aromatic rings. The molecule has 320 valence electrons. The second-order valence-corrected chi connectivity index (χ2v) is 18.3. The molecule has 0 aliphatic heterocycles. The summed E-state index contributed by atoms with van der Waals surface area (Å²) in [5.74, 6) is 0.138. The number of unbranched alkanes of at least 4 members (excludes halogenated alkanes) is 10. The smallest absolute Gasteiger partial charge is 0.314 e. The second-order valence-electron chi connectivity index (χ2n) is 16.1. The molecule has 60 heavy (non-hydrogen) atoms. The molecule has 0 radical (unpaired) electrons. The molecule has 0 saturated carbocycles. The number of benzene rings is 4. The van der Waals surface area contributed by atoms with Gasteiger partial charge in [0.05, 0.1) is 11.8 Å². The molecular formula is C52H64O6S2. The van der Waals surface area contributed by atoms with E-state index in [4.69, 9.17) is 9.47 Å². The molecule has 0 bridgehead atoms. The van der Waals surface area contributed by atoms with Gasteiger partial charge in [-0.3, -0.25) is 19.2 Å². The van der Waals surface area contributed by atoms with E-state index in [-0.39, 0.29) is 35.3 Å². The maximum Gasteiger partial charge on any atom is 0.314 e. The van der Waals surface area contributed by atoms with E-state index < -0.39 is 0 Å². The van der Waals surface area contributed by atoms with Crippen molar-refractivity contribution >= 4 is 47.0 Å². The highest BCUT2D eigenvalue weighted by atomic mass is 32.2. The maximum absolute atomic E-state index is 14.2. The summed E-state index contributed by atoms with van der Waals surface area (Å²) in [5, 5.41) is 0. The zero-order chi connectivity index (χ0) is 42.7. The van der Waals surface area contributed by atoms with Crippen LogP contribution in [0.3, 0.4) is 0 Å². The van der Waals surface area contributed by atoms with Crippen molar-refractivity contribution in [2.75, 3.05) is 0 Å². The lowest BCUT2D eigenvalue weighted by atomic mass is 9.84. The van der Waals surface area contributed by atoms with Crippen molar-refractivity contribution in [2.24, 2.45) is 11.8 Å². The normalized spacial score (nSPS) is 13.1. The Morgan fingerprint density at radius 3 is 1.13 bits per heavy atom. The predicted molar refractivity (Wildman–Crippen MR) is 245 cm³/mol. The summed E-state index contributed by atoms with van der Waals surface area (Å²) in [4.78, 5) is 58.0. The summed E-state index contributed by atoms with van der Waals surface area (Å²) in [6.07, 6.45) is 19.0. The molecule has 1 aliphatic rings. The highest BCUT2D eigenvalue weighted by Gasteiger charge is 2.34. The fourth-order valence-electron chi connectivity index (χ4n) is 7.83. The van der Waals surface area contributed by atoms with Crippen molar-refractivity contribution in [2.45, 2.75) is 163 Å². The largest absolute Gasteiger partial charge is 0.426 e. The van der Waals surface area contributed by atoms with Crippen molar-refractivity contribution < 1.29 is 28.7 Å². The fraction of sp³-hybridized carbons (Fsp3) is 0.462. The van der Waals surface area contributed by atoms with Crippen molar-refractivity contribution in [1.82, 2.24) is 0 Å². The molecular weight excluding hydrogens is 785 g/mol. The zero-order valence-corrected chi connectivity index (χ0v) is 37.9. The van der Waals surface area contributed by atoms with Gasteiger partial charge in [0.1, 0.15) is 11.5 Å². The van der Waals surface area contributed by atoms with Crippen LogP contribution >= 0.6 is 23.5 Å². The highest BCUT2D eigenvalue weighted by molar-refractivity contribution is 7.99. The van der Waals surface area contributed by atoms with Gasteiger partial charge in [0.15, 0.2) is 11.6 Å². The average Bonchev–Trinajstić information content (AvgIpc) is 3.25. The number of hydrogen-bond donors (Lipinski definition) is 0. The van der Waals surface area contributed by atoms with Crippen LogP contribution in [-0.2, 0) is 9.59 Å². The predicted octanol–water partition coefficient (Wildman–Crippen LogP) is 14.9. The molecule has 6 nitrogen and oxygen atoms in total. The van der Waals surface area contributed by atoms with Crippen LogP contribution in [0.25, 0.3) is 0 Å². The van der Waals surface area contributed by atoms with Crippen LogP contribution in [0.1, 0.15) is 175 Å². The van der Waals surface area contributed by atoms with E-state index in [1.807, 2.05) is 48.5 Å². The first-order valence-corrected chi connectivity index (χ1v) is 24.3. The molecule has 2 unspecified atom stereocenters. The molecule has 0 N–H and O–H groups in total. The minimum Gasteiger partial charge on any atom is -0.426 e. The average molecular weight is 849 g/mol. The van der Waals surface area contributed by atoms with E-state index >= 15 is 0 Å². The Morgan fingerprint density at radius 1 is 0.450 bits per heavy atom. The molecule has 0 saturated heterocycles. The SMILES string of the molecule is CCCCCCC(CCCCC)C(=O)Oc1ccc(Sc2cccc3c2C(=O)c2cccc(Sc4ccc(OC(=O)C(CCCCC)CCCCCC)cc4)c2C3=O)cc1. The summed E-state index contributed by atoms with van der Waals surface area (Å²) in [5.41, 5.74) is 1.57. The first-order chi connectivity index (χ1) is 29.3. The van der Waals surface area contributed by atoms with E-state index in [1.165, 1.54) is 36.4 Å². The van der Waals surface area contributed by atoms with Gasteiger partial charge in [-0.05, 0) is 86.3 Å². The Morgan fingerprint density at radius 2 is 0.783 bits per heavy atom. The number of esters is 2. The number of rotatable bonds is 26. The van der Waals surface area contributed by atoms with Gasteiger partial charge in [-0.15, -0.1) is 0 Å². The Hall–Kier alpha value is -4.14. The van der Waals surface area contributed by atoms with Crippen molar-refractivity contribution in [3.05, 3.63) is 107 Å². The first-order valence-electron chi connectivity index (χ1n) is 22.6. The van der Waals surface area contributed by atoms with Crippen LogP contribution < -0.4 is 9.47 Å². The van der Waals surface area contributed by atoms with E-state index in [1.54, 1.807) is 36.4 Å². The van der Waals surface area contributed by atoms with Gasteiger partial charge < -0.3 is 9.47 Å². The Bertz CT molecular complexity index is 1860. The fourth-order valence-corrected chi connectivity index (χ4v) is 9.78. The molecule has 0 spiro atoms. The molecule has 0 aromatic heterocycles. The lowest BCUT2D eigenvalue weighted by Gasteiger charge is -2.22. The second kappa shape index (κ2) is 25.0. The number of hydrogen-bond acceptors (Lipinski definition) is 8. The third-order valence-electron chi connectivity index (χ3n) is 11.3. The molecule has 8 heteroatoms. The van der Waals surface area contributed by atoms with E-state index in [0.717, 1.165) is 113 Å². The zero-order valence-electron chi connectivity index (χ0n) is 36.2. The minimum atomic E-state index is -0.186. The molecule has 0 amide bonds. The Kier molecular flexibility index (Phi) is 19.5. The number of fused-ring (bicyclic) bond motifs is 2. The maximum atomic E-state index is 14.2. The van der Waals surface area contributed by atoms with Crippen molar-refractivity contribution in [1.29, 1.82) is 0 Å². The molecule has 4 aromatic carbocycles. The summed E-state index contributed by atoms with van der Waals surface area (Å²) in [6.45, 7) is 8.73. The van der Waals surface area contributed by atoms with Crippen LogP contribution in [0.4, 0.5) is 0 Å². The van der Waals surface area contributed by atoms with Crippen molar-refractivity contribution in [3.8, 4) is 11.5 Å². The first kappa shape index (κ1) is 46.9. The standard InChI is InChI=1S/C52H64O6S2/c1-5-9-13-17-23-37(21-15-11-7-3)51(55)57-39-29-33-41(34-30-39)59-45-27-19-25-43-47(45)49(53)44-26-20-28-46(48(44)50(43)54)60-42-35-31-40(32-36-42)58-52(56)38(22-16-12-8-4)24-18-14-10-6-2/h19-20,25-38H,5-18,21-24H2,1-4H3.